The molecule has 0 amide bonds. The third kappa shape index (κ3) is 3.42. The van der Waals surface area contributed by atoms with Crippen LogP contribution in [0.25, 0.3) is 0 Å². The summed E-state index contributed by atoms with van der Waals surface area (Å²) in [4.78, 5) is 0.320. The van der Waals surface area contributed by atoms with Gasteiger partial charge in [-0.3, -0.25) is 0 Å². The van der Waals surface area contributed by atoms with Gasteiger partial charge in [-0.25, -0.2) is 9.29 Å². The Kier molecular flexibility index (Phi) is 3.71. The molecule has 1 aliphatic heterocycles. The molecule has 0 saturated carbocycles. The monoisotopic (exact) mass is 214 g/mol. The fraction of sp³-hybridized carbons (Fsp3) is 1.00. The summed E-state index contributed by atoms with van der Waals surface area (Å²) in [5.41, 5.74) is 0. The van der Waals surface area contributed by atoms with Gasteiger partial charge in [0.1, 0.15) is 6.17 Å². The second kappa shape index (κ2) is 4.44. The summed E-state index contributed by atoms with van der Waals surface area (Å²) in [5, 5.41) is 2.84. The van der Waals surface area contributed by atoms with Crippen LogP contribution in [0.4, 0.5) is 17.6 Å². The highest BCUT2D eigenvalue weighted by Gasteiger charge is 2.34. The van der Waals surface area contributed by atoms with Crippen molar-refractivity contribution in [1.82, 2.24) is 10.2 Å². The minimum Gasteiger partial charge on any atom is -0.311 e. The maximum Gasteiger partial charge on any atom is 0.459 e. The maximum atomic E-state index is 12.6. The molecule has 2 unspecified atom stereocenters. The molecule has 1 saturated heterocycles. The predicted molar refractivity (Wildman–Crippen MR) is 44.6 cm³/mol. The van der Waals surface area contributed by atoms with Gasteiger partial charge in [-0.05, 0) is 19.9 Å². The van der Waals surface area contributed by atoms with Crippen molar-refractivity contribution in [3.63, 3.8) is 0 Å². The lowest BCUT2D eigenvalue weighted by atomic mass is 10.1. The van der Waals surface area contributed by atoms with Crippen molar-refractivity contribution in [2.24, 2.45) is 0 Å². The van der Waals surface area contributed by atoms with Gasteiger partial charge in [0.25, 0.3) is 0 Å². The number of rotatable bonds is 3. The molecule has 2 atom stereocenters. The quantitative estimate of drug-likeness (QED) is 0.566. The fourth-order valence-corrected chi connectivity index (χ4v) is 1.47. The zero-order chi connectivity index (χ0) is 10.8. The zero-order valence-electron chi connectivity index (χ0n) is 7.94. The lowest BCUT2D eigenvalue weighted by molar-refractivity contribution is -0.236. The van der Waals surface area contributed by atoms with E-state index in [1.54, 1.807) is 0 Å². The third-order valence-corrected chi connectivity index (χ3v) is 2.41. The van der Waals surface area contributed by atoms with Gasteiger partial charge in [-0.1, -0.05) is 0 Å². The topological polar surface area (TPSA) is 15.3 Å². The average molecular weight is 214 g/mol. The van der Waals surface area contributed by atoms with Crippen LogP contribution in [-0.4, -0.2) is 43.6 Å². The van der Waals surface area contributed by atoms with E-state index < -0.39 is 12.5 Å². The molecule has 1 fully saturated rings. The fourth-order valence-electron chi connectivity index (χ4n) is 1.47. The van der Waals surface area contributed by atoms with Crippen LogP contribution in [0.1, 0.15) is 12.8 Å². The van der Waals surface area contributed by atoms with E-state index in [2.05, 4.69) is 5.32 Å². The van der Waals surface area contributed by atoms with Gasteiger partial charge in [0.15, 0.2) is 0 Å². The van der Waals surface area contributed by atoms with E-state index in [-0.39, 0.29) is 19.1 Å². The smallest absolute Gasteiger partial charge is 0.311 e. The molecule has 6 heteroatoms. The van der Waals surface area contributed by atoms with E-state index in [4.69, 9.17) is 0 Å². The van der Waals surface area contributed by atoms with Gasteiger partial charge < -0.3 is 5.32 Å². The highest BCUT2D eigenvalue weighted by Crippen LogP contribution is 2.20. The van der Waals surface area contributed by atoms with Crippen LogP contribution in [0, 0.1) is 0 Å². The van der Waals surface area contributed by atoms with Gasteiger partial charge in [0, 0.05) is 19.1 Å². The van der Waals surface area contributed by atoms with Crippen LogP contribution in [0.3, 0.4) is 0 Å². The molecule has 0 bridgehead atoms. The summed E-state index contributed by atoms with van der Waals surface area (Å²) >= 11 is 0. The molecular formula is C8H14F4N2. The Labute approximate surface area is 80.3 Å². The summed E-state index contributed by atoms with van der Waals surface area (Å²) in [6.07, 6.45) is -4.54. The molecule has 1 heterocycles. The number of nitrogens with one attached hydrogen (secondary N) is 1. The SMILES string of the molecule is CN(CCC1CC(F)CN1)C(F)(F)F. The zero-order valence-corrected chi connectivity index (χ0v) is 7.94. The molecule has 1 aliphatic rings. The van der Waals surface area contributed by atoms with E-state index in [1.165, 1.54) is 0 Å². The lowest BCUT2D eigenvalue weighted by Crippen LogP contribution is -2.37. The number of alkyl halides is 4. The number of hydrogen-bond donors (Lipinski definition) is 1. The van der Waals surface area contributed by atoms with Crippen LogP contribution in [0.15, 0.2) is 0 Å². The summed E-state index contributed by atoms with van der Waals surface area (Å²) in [7, 11) is 1.00. The molecular weight excluding hydrogens is 200 g/mol. The molecule has 14 heavy (non-hydrogen) atoms. The second-order valence-corrected chi connectivity index (χ2v) is 3.62. The van der Waals surface area contributed by atoms with Crippen molar-refractivity contribution < 1.29 is 17.6 Å². The molecule has 84 valence electrons. The highest BCUT2D eigenvalue weighted by atomic mass is 19.4. The maximum absolute atomic E-state index is 12.6. The van der Waals surface area contributed by atoms with Crippen LogP contribution < -0.4 is 5.32 Å². The molecule has 0 spiro atoms. The van der Waals surface area contributed by atoms with Gasteiger partial charge in [-0.2, -0.15) is 13.2 Å². The number of hydrogen-bond acceptors (Lipinski definition) is 2. The second-order valence-electron chi connectivity index (χ2n) is 3.62. The minimum atomic E-state index is -4.28. The first kappa shape index (κ1) is 11.7. The van der Waals surface area contributed by atoms with Crippen molar-refractivity contribution >= 4 is 0 Å². The Balaban J connectivity index is 2.21. The summed E-state index contributed by atoms with van der Waals surface area (Å²) in [5.74, 6) is 0. The van der Waals surface area contributed by atoms with Crippen LogP contribution in [-0.2, 0) is 0 Å². The Bertz CT molecular complexity index is 183. The van der Waals surface area contributed by atoms with Crippen LogP contribution in [0.5, 0.6) is 0 Å². The lowest BCUT2D eigenvalue weighted by Gasteiger charge is -2.21. The predicted octanol–water partition coefficient (Wildman–Crippen LogP) is 1.53. The van der Waals surface area contributed by atoms with E-state index in [9.17, 15) is 17.6 Å². The molecule has 0 aromatic heterocycles. The standard InChI is InChI=1S/C8H14F4N2/c1-14(8(10,11)12)3-2-7-4-6(9)5-13-7/h6-7,13H,2-5H2,1H3. The number of halogens is 4. The van der Waals surface area contributed by atoms with Crippen molar-refractivity contribution in [2.75, 3.05) is 20.1 Å². The molecule has 0 aliphatic carbocycles. The Hall–Kier alpha value is -0.360. The van der Waals surface area contributed by atoms with Crippen molar-refractivity contribution in [2.45, 2.75) is 31.4 Å². The third-order valence-electron chi connectivity index (χ3n) is 2.41. The Morgan fingerprint density at radius 3 is 2.50 bits per heavy atom. The molecule has 1 N–H and O–H groups in total. The van der Waals surface area contributed by atoms with Crippen LogP contribution in [0.2, 0.25) is 0 Å². The Morgan fingerprint density at radius 1 is 1.43 bits per heavy atom. The number of nitrogens with zero attached hydrogens (tertiary/aromatic N) is 1. The minimum absolute atomic E-state index is 0.0894. The molecule has 2 nitrogen and oxygen atoms in total. The van der Waals surface area contributed by atoms with Crippen LogP contribution >= 0.6 is 0 Å². The highest BCUT2D eigenvalue weighted by molar-refractivity contribution is 4.81. The largest absolute Gasteiger partial charge is 0.459 e. The molecule has 0 aromatic carbocycles. The summed E-state index contributed by atoms with van der Waals surface area (Å²) in [6, 6.07) is -0.116. The van der Waals surface area contributed by atoms with Gasteiger partial charge >= 0.3 is 6.30 Å². The van der Waals surface area contributed by atoms with Crippen molar-refractivity contribution in [1.29, 1.82) is 0 Å². The molecule has 0 aromatic rings. The van der Waals surface area contributed by atoms with Gasteiger partial charge in [0.05, 0.1) is 0 Å². The van der Waals surface area contributed by atoms with Gasteiger partial charge in [-0.15, -0.1) is 0 Å². The van der Waals surface area contributed by atoms with E-state index >= 15 is 0 Å². The van der Waals surface area contributed by atoms with E-state index in [0.29, 0.717) is 17.7 Å². The Morgan fingerprint density at radius 2 is 2.07 bits per heavy atom. The van der Waals surface area contributed by atoms with Gasteiger partial charge in [0.2, 0.25) is 0 Å². The van der Waals surface area contributed by atoms with Crippen molar-refractivity contribution in [3.8, 4) is 0 Å². The summed E-state index contributed by atoms with van der Waals surface area (Å²) in [6.45, 7) is 0.175. The summed E-state index contributed by atoms with van der Waals surface area (Å²) < 4.78 is 48.7. The van der Waals surface area contributed by atoms with E-state index in [0.717, 1.165) is 7.05 Å². The van der Waals surface area contributed by atoms with E-state index in [1.807, 2.05) is 0 Å². The van der Waals surface area contributed by atoms with Crippen molar-refractivity contribution in [3.05, 3.63) is 0 Å². The average Bonchev–Trinajstić information content (AvgIpc) is 2.45. The molecule has 0 radical (unpaired) electrons. The first-order chi connectivity index (χ1) is 6.39. The first-order valence-electron chi connectivity index (χ1n) is 4.55. The normalized spacial score (nSPS) is 28.7. The molecule has 1 rings (SSSR count). The first-order valence-corrected chi connectivity index (χ1v) is 4.55.